The molecular weight excluding hydrogens is 336 g/mol. The van der Waals surface area contributed by atoms with Crippen LogP contribution in [0.5, 0.6) is 0 Å². The molecule has 3 aliphatic rings. The van der Waals surface area contributed by atoms with E-state index in [1.54, 1.807) is 0 Å². The fraction of sp³-hybridized carbons (Fsp3) is 0.652. The Morgan fingerprint density at radius 1 is 1.07 bits per heavy atom. The van der Waals surface area contributed by atoms with Gasteiger partial charge in [0.2, 0.25) is 11.8 Å². The van der Waals surface area contributed by atoms with Crippen molar-refractivity contribution < 1.29 is 9.59 Å². The summed E-state index contributed by atoms with van der Waals surface area (Å²) in [6.07, 6.45) is 3.38. The lowest BCUT2D eigenvalue weighted by molar-refractivity contribution is -0.135. The average molecular weight is 369 g/mol. The van der Waals surface area contributed by atoms with Gasteiger partial charge in [-0.15, -0.1) is 0 Å². The molecule has 0 aromatic heterocycles. The van der Waals surface area contributed by atoms with Gasteiger partial charge in [-0.2, -0.15) is 0 Å². The molecule has 4 atom stereocenters. The molecule has 0 unspecified atom stereocenters. The molecule has 1 saturated carbocycles. The summed E-state index contributed by atoms with van der Waals surface area (Å²) >= 11 is 0. The number of fused-ring (bicyclic) bond motifs is 1. The average Bonchev–Trinajstić information content (AvgIpc) is 3.11. The third-order valence-electron chi connectivity index (χ3n) is 6.77. The summed E-state index contributed by atoms with van der Waals surface area (Å²) in [5.41, 5.74) is 3.00. The van der Waals surface area contributed by atoms with Crippen LogP contribution in [-0.4, -0.2) is 36.3 Å². The van der Waals surface area contributed by atoms with Crippen LogP contribution in [0, 0.1) is 17.8 Å². The molecule has 4 nitrogen and oxygen atoms in total. The van der Waals surface area contributed by atoms with Crippen molar-refractivity contribution in [3.8, 4) is 0 Å². The zero-order valence-electron chi connectivity index (χ0n) is 16.8. The molecular formula is C23H32N2O2. The van der Waals surface area contributed by atoms with E-state index in [0.717, 1.165) is 32.4 Å². The molecule has 1 N–H and O–H groups in total. The Hall–Kier alpha value is -1.84. The number of nitrogens with zero attached hydrogens (tertiary/aromatic N) is 1. The zero-order valence-corrected chi connectivity index (χ0v) is 16.8. The van der Waals surface area contributed by atoms with Crippen molar-refractivity contribution in [1.29, 1.82) is 0 Å². The van der Waals surface area contributed by atoms with Gasteiger partial charge in [-0.3, -0.25) is 9.59 Å². The van der Waals surface area contributed by atoms with Crippen LogP contribution in [0.1, 0.15) is 63.5 Å². The molecule has 4 rings (SSSR count). The lowest BCUT2D eigenvalue weighted by Gasteiger charge is -2.27. The molecule has 2 aliphatic heterocycles. The summed E-state index contributed by atoms with van der Waals surface area (Å²) < 4.78 is 0. The number of benzene rings is 1. The van der Waals surface area contributed by atoms with Gasteiger partial charge in [-0.25, -0.2) is 0 Å². The number of piperidine rings is 1. The predicted octanol–water partition coefficient (Wildman–Crippen LogP) is 3.46. The Labute approximate surface area is 162 Å². The first-order valence-corrected chi connectivity index (χ1v) is 10.5. The molecule has 2 amide bonds. The van der Waals surface area contributed by atoms with Crippen LogP contribution >= 0.6 is 0 Å². The highest BCUT2D eigenvalue weighted by molar-refractivity contribution is 5.81. The highest BCUT2D eigenvalue weighted by Gasteiger charge is 2.57. The van der Waals surface area contributed by atoms with Crippen LogP contribution in [0.2, 0.25) is 0 Å². The van der Waals surface area contributed by atoms with Gasteiger partial charge in [0, 0.05) is 26.1 Å². The zero-order chi connectivity index (χ0) is 19.2. The van der Waals surface area contributed by atoms with E-state index in [1.165, 1.54) is 11.1 Å². The maximum atomic E-state index is 12.9. The molecule has 0 radical (unpaired) electrons. The highest BCUT2D eigenvalue weighted by Crippen LogP contribution is 2.58. The van der Waals surface area contributed by atoms with E-state index in [1.807, 2.05) is 0 Å². The van der Waals surface area contributed by atoms with Gasteiger partial charge in [0.15, 0.2) is 0 Å². The number of nitrogens with one attached hydrogen (secondary N) is 1. The molecule has 27 heavy (non-hydrogen) atoms. The van der Waals surface area contributed by atoms with Crippen LogP contribution in [0.25, 0.3) is 0 Å². The summed E-state index contributed by atoms with van der Waals surface area (Å²) in [7, 11) is 0. The predicted molar refractivity (Wildman–Crippen MR) is 106 cm³/mol. The van der Waals surface area contributed by atoms with Crippen molar-refractivity contribution in [2.45, 2.75) is 57.8 Å². The lowest BCUT2D eigenvalue weighted by atomic mass is 9.86. The topological polar surface area (TPSA) is 49.4 Å². The Morgan fingerprint density at radius 2 is 1.74 bits per heavy atom. The van der Waals surface area contributed by atoms with Crippen molar-refractivity contribution >= 4 is 11.8 Å². The summed E-state index contributed by atoms with van der Waals surface area (Å²) in [5, 5.41) is 2.93. The molecule has 1 aromatic carbocycles. The summed E-state index contributed by atoms with van der Waals surface area (Å²) in [5.74, 6) is 2.19. The molecule has 0 spiro atoms. The standard InChI is InChI=1S/C23H32N2O2/c1-23(2,3)17-10-8-15(9-11-17)21-18-13-25(14-19(18)21)22(27)16-6-4-5-7-20(26)24-12-16/h8-11,16,18-19,21H,4-7,12-14H2,1-3H3,(H,24,26)/t16-,18-,19+,21+/m1/s1. The maximum absolute atomic E-state index is 12.9. The maximum Gasteiger partial charge on any atom is 0.227 e. The fourth-order valence-electron chi connectivity index (χ4n) is 4.98. The third-order valence-corrected chi connectivity index (χ3v) is 6.77. The molecule has 146 valence electrons. The van der Waals surface area contributed by atoms with Crippen molar-refractivity contribution in [3.05, 3.63) is 35.4 Å². The van der Waals surface area contributed by atoms with Crippen molar-refractivity contribution in [2.75, 3.05) is 19.6 Å². The summed E-state index contributed by atoms with van der Waals surface area (Å²) in [4.78, 5) is 26.6. The molecule has 2 heterocycles. The minimum Gasteiger partial charge on any atom is -0.355 e. The van der Waals surface area contributed by atoms with E-state index in [0.29, 0.717) is 30.7 Å². The van der Waals surface area contributed by atoms with E-state index in [-0.39, 0.29) is 23.1 Å². The van der Waals surface area contributed by atoms with Crippen molar-refractivity contribution in [1.82, 2.24) is 10.2 Å². The highest BCUT2D eigenvalue weighted by atomic mass is 16.2. The second-order valence-electron chi connectivity index (χ2n) is 9.72. The van der Waals surface area contributed by atoms with Crippen LogP contribution in [-0.2, 0) is 15.0 Å². The lowest BCUT2D eigenvalue weighted by Crippen LogP contribution is -2.42. The van der Waals surface area contributed by atoms with E-state index in [2.05, 4.69) is 55.3 Å². The third kappa shape index (κ3) is 3.76. The number of hydrogen-bond acceptors (Lipinski definition) is 2. The summed E-state index contributed by atoms with van der Waals surface area (Å²) in [6, 6.07) is 9.12. The van der Waals surface area contributed by atoms with Gasteiger partial charge in [0.25, 0.3) is 0 Å². The van der Waals surface area contributed by atoms with Gasteiger partial charge >= 0.3 is 0 Å². The number of carbonyl (C=O) groups excluding carboxylic acids is 2. The minimum atomic E-state index is -0.0312. The molecule has 1 aromatic rings. The largest absolute Gasteiger partial charge is 0.355 e. The molecule has 3 fully saturated rings. The number of carbonyl (C=O) groups is 2. The molecule has 2 saturated heterocycles. The second kappa shape index (κ2) is 6.96. The molecule has 4 heteroatoms. The van der Waals surface area contributed by atoms with Crippen LogP contribution < -0.4 is 5.32 Å². The van der Waals surface area contributed by atoms with Crippen molar-refractivity contribution in [2.24, 2.45) is 17.8 Å². The summed E-state index contributed by atoms with van der Waals surface area (Å²) in [6.45, 7) is 9.03. The number of hydrogen-bond donors (Lipinski definition) is 1. The first-order chi connectivity index (χ1) is 12.8. The second-order valence-corrected chi connectivity index (χ2v) is 9.72. The first kappa shape index (κ1) is 18.5. The van der Waals surface area contributed by atoms with E-state index >= 15 is 0 Å². The first-order valence-electron chi connectivity index (χ1n) is 10.5. The Kier molecular flexibility index (Phi) is 4.77. The smallest absolute Gasteiger partial charge is 0.227 e. The number of rotatable bonds is 2. The SMILES string of the molecule is CC(C)(C)c1ccc([C@H]2[C@@H]3CN(C(=O)[C@@H]4CCCCC(=O)NC4)C[C@@H]32)cc1. The van der Waals surface area contributed by atoms with E-state index in [9.17, 15) is 9.59 Å². The Morgan fingerprint density at radius 3 is 2.37 bits per heavy atom. The van der Waals surface area contributed by atoms with E-state index < -0.39 is 0 Å². The van der Waals surface area contributed by atoms with Crippen LogP contribution in [0.4, 0.5) is 0 Å². The Balaban J connectivity index is 1.34. The van der Waals surface area contributed by atoms with Gasteiger partial charge in [0.1, 0.15) is 0 Å². The van der Waals surface area contributed by atoms with Gasteiger partial charge in [0.05, 0.1) is 5.92 Å². The molecule has 0 bridgehead atoms. The van der Waals surface area contributed by atoms with Crippen molar-refractivity contribution in [3.63, 3.8) is 0 Å². The monoisotopic (exact) mass is 368 g/mol. The van der Waals surface area contributed by atoms with Crippen LogP contribution in [0.15, 0.2) is 24.3 Å². The number of amides is 2. The fourth-order valence-corrected chi connectivity index (χ4v) is 4.98. The van der Waals surface area contributed by atoms with Gasteiger partial charge in [-0.05, 0) is 47.1 Å². The van der Waals surface area contributed by atoms with Gasteiger partial charge in [-0.1, -0.05) is 51.5 Å². The quantitative estimate of drug-likeness (QED) is 0.869. The Bertz CT molecular complexity index is 707. The van der Waals surface area contributed by atoms with Gasteiger partial charge < -0.3 is 10.2 Å². The minimum absolute atomic E-state index is 0.0312. The van der Waals surface area contributed by atoms with Crippen LogP contribution in [0.3, 0.4) is 0 Å². The van der Waals surface area contributed by atoms with E-state index in [4.69, 9.17) is 0 Å². The molecule has 1 aliphatic carbocycles. The normalized spacial score (nSPS) is 30.9. The number of likely N-dealkylation sites (tertiary alicyclic amines) is 1.